The van der Waals surface area contributed by atoms with E-state index in [2.05, 4.69) is 15.5 Å². The first-order chi connectivity index (χ1) is 9.18. The lowest BCUT2D eigenvalue weighted by Gasteiger charge is -2.00. The second-order valence-electron chi connectivity index (χ2n) is 3.56. The van der Waals surface area contributed by atoms with Gasteiger partial charge >= 0.3 is 0 Å². The standard InChI is InChI=1S/C13H9Cl2N3O/c14-10-5-3-4-9(12(10)15)8-17-18-13(19)11-6-1-2-7-16-11/h1-8H,(H,18,19)/b17-8-. The highest BCUT2D eigenvalue weighted by Gasteiger charge is 2.04. The van der Waals surface area contributed by atoms with Crippen molar-refractivity contribution < 1.29 is 4.79 Å². The second-order valence-corrected chi connectivity index (χ2v) is 4.34. The predicted octanol–water partition coefficient (Wildman–Crippen LogP) is 3.15. The molecule has 1 N–H and O–H groups in total. The van der Waals surface area contributed by atoms with Crippen LogP contribution < -0.4 is 5.43 Å². The number of rotatable bonds is 3. The van der Waals surface area contributed by atoms with Crippen molar-refractivity contribution in [3.05, 3.63) is 63.9 Å². The van der Waals surface area contributed by atoms with E-state index in [9.17, 15) is 4.79 Å². The Morgan fingerprint density at radius 3 is 2.79 bits per heavy atom. The minimum Gasteiger partial charge on any atom is -0.266 e. The lowest BCUT2D eigenvalue weighted by atomic mass is 10.2. The average molecular weight is 294 g/mol. The molecule has 0 unspecified atom stereocenters. The number of hydrogen-bond acceptors (Lipinski definition) is 3. The minimum atomic E-state index is -0.394. The molecular weight excluding hydrogens is 285 g/mol. The molecule has 1 aromatic carbocycles. The van der Waals surface area contributed by atoms with Gasteiger partial charge < -0.3 is 0 Å². The summed E-state index contributed by atoms with van der Waals surface area (Å²) < 4.78 is 0. The number of pyridine rings is 1. The third-order valence-corrected chi connectivity index (χ3v) is 3.08. The normalized spacial score (nSPS) is 10.6. The maximum absolute atomic E-state index is 11.6. The van der Waals surface area contributed by atoms with Gasteiger partial charge in [0.05, 0.1) is 16.3 Å². The van der Waals surface area contributed by atoms with Crippen LogP contribution in [-0.4, -0.2) is 17.1 Å². The fraction of sp³-hybridized carbons (Fsp3) is 0. The molecule has 0 saturated carbocycles. The van der Waals surface area contributed by atoms with Crippen LogP contribution in [0.15, 0.2) is 47.7 Å². The van der Waals surface area contributed by atoms with Gasteiger partial charge in [-0.1, -0.05) is 41.4 Å². The zero-order chi connectivity index (χ0) is 13.7. The number of benzene rings is 1. The smallest absolute Gasteiger partial charge is 0.266 e. The van der Waals surface area contributed by atoms with Gasteiger partial charge in [-0.05, 0) is 18.2 Å². The summed E-state index contributed by atoms with van der Waals surface area (Å²) >= 11 is 11.8. The van der Waals surface area contributed by atoms with Crippen molar-refractivity contribution in [2.75, 3.05) is 0 Å². The molecule has 6 heteroatoms. The Bertz CT molecular complexity index is 615. The van der Waals surface area contributed by atoms with Gasteiger partial charge in [-0.3, -0.25) is 9.78 Å². The van der Waals surface area contributed by atoms with Crippen LogP contribution in [0.5, 0.6) is 0 Å². The van der Waals surface area contributed by atoms with E-state index in [1.807, 2.05) is 0 Å². The number of nitrogens with zero attached hydrogens (tertiary/aromatic N) is 2. The predicted molar refractivity (Wildman–Crippen MR) is 75.8 cm³/mol. The van der Waals surface area contributed by atoms with Crippen LogP contribution in [-0.2, 0) is 0 Å². The average Bonchev–Trinajstić information content (AvgIpc) is 2.44. The zero-order valence-electron chi connectivity index (χ0n) is 9.68. The fourth-order valence-electron chi connectivity index (χ4n) is 1.33. The highest BCUT2D eigenvalue weighted by atomic mass is 35.5. The highest BCUT2D eigenvalue weighted by Crippen LogP contribution is 2.23. The molecule has 96 valence electrons. The molecule has 4 nitrogen and oxygen atoms in total. The summed E-state index contributed by atoms with van der Waals surface area (Å²) in [7, 11) is 0. The van der Waals surface area contributed by atoms with Gasteiger partial charge in [0.2, 0.25) is 0 Å². The van der Waals surface area contributed by atoms with Crippen molar-refractivity contribution in [2.45, 2.75) is 0 Å². The molecular formula is C13H9Cl2N3O. The van der Waals surface area contributed by atoms with E-state index in [0.29, 0.717) is 15.6 Å². The van der Waals surface area contributed by atoms with Crippen LogP contribution in [0.2, 0.25) is 10.0 Å². The molecule has 2 rings (SSSR count). The maximum atomic E-state index is 11.6. The van der Waals surface area contributed by atoms with E-state index >= 15 is 0 Å². The van der Waals surface area contributed by atoms with Crippen molar-refractivity contribution in [1.29, 1.82) is 0 Å². The lowest BCUT2D eigenvalue weighted by molar-refractivity contribution is 0.0950. The van der Waals surface area contributed by atoms with Crippen LogP contribution in [0, 0.1) is 0 Å². The molecule has 2 aromatic rings. The SMILES string of the molecule is O=C(N/N=C\c1cccc(Cl)c1Cl)c1ccccn1. The maximum Gasteiger partial charge on any atom is 0.289 e. The van der Waals surface area contributed by atoms with Crippen LogP contribution in [0.3, 0.4) is 0 Å². The van der Waals surface area contributed by atoms with E-state index < -0.39 is 5.91 Å². The summed E-state index contributed by atoms with van der Waals surface area (Å²) in [6.45, 7) is 0. The lowest BCUT2D eigenvalue weighted by Crippen LogP contribution is -2.18. The van der Waals surface area contributed by atoms with Crippen LogP contribution in [0.25, 0.3) is 0 Å². The topological polar surface area (TPSA) is 54.4 Å². The Morgan fingerprint density at radius 1 is 1.21 bits per heavy atom. The van der Waals surface area contributed by atoms with E-state index in [4.69, 9.17) is 23.2 Å². The van der Waals surface area contributed by atoms with Crippen LogP contribution in [0.1, 0.15) is 16.1 Å². The Balaban J connectivity index is 2.05. The third kappa shape index (κ3) is 3.53. The Kier molecular flexibility index (Phi) is 4.49. The van der Waals surface area contributed by atoms with Crippen molar-refractivity contribution in [2.24, 2.45) is 5.10 Å². The summed E-state index contributed by atoms with van der Waals surface area (Å²) in [5, 5.41) is 4.63. The molecule has 0 aliphatic rings. The number of amides is 1. The first-order valence-corrected chi connectivity index (χ1v) is 6.12. The Morgan fingerprint density at radius 2 is 2.05 bits per heavy atom. The largest absolute Gasteiger partial charge is 0.289 e. The van der Waals surface area contributed by atoms with Crippen molar-refractivity contribution >= 4 is 35.3 Å². The van der Waals surface area contributed by atoms with Crippen LogP contribution >= 0.6 is 23.2 Å². The monoisotopic (exact) mass is 293 g/mol. The first-order valence-electron chi connectivity index (χ1n) is 5.37. The number of aromatic nitrogens is 1. The number of carbonyl (C=O) groups excluding carboxylic acids is 1. The van der Waals surface area contributed by atoms with E-state index in [0.717, 1.165) is 0 Å². The van der Waals surface area contributed by atoms with E-state index in [1.54, 1.807) is 36.4 Å². The molecule has 1 amide bonds. The van der Waals surface area contributed by atoms with Gasteiger partial charge in [0, 0.05) is 11.8 Å². The summed E-state index contributed by atoms with van der Waals surface area (Å²) in [4.78, 5) is 15.5. The molecule has 0 radical (unpaired) electrons. The van der Waals surface area contributed by atoms with Gasteiger partial charge in [-0.15, -0.1) is 0 Å². The van der Waals surface area contributed by atoms with Gasteiger partial charge in [0.1, 0.15) is 5.69 Å². The molecule has 0 fully saturated rings. The fourth-order valence-corrected chi connectivity index (χ4v) is 1.69. The van der Waals surface area contributed by atoms with E-state index in [1.165, 1.54) is 12.4 Å². The summed E-state index contributed by atoms with van der Waals surface area (Å²) in [5.74, 6) is -0.394. The summed E-state index contributed by atoms with van der Waals surface area (Å²) in [5.41, 5.74) is 3.27. The molecule has 0 aliphatic heterocycles. The minimum absolute atomic E-state index is 0.289. The summed E-state index contributed by atoms with van der Waals surface area (Å²) in [6.07, 6.45) is 2.96. The van der Waals surface area contributed by atoms with Gasteiger partial charge in [-0.25, -0.2) is 5.43 Å². The number of hydrazone groups is 1. The van der Waals surface area contributed by atoms with Gasteiger partial charge in [0.15, 0.2) is 0 Å². The number of halogens is 2. The highest BCUT2D eigenvalue weighted by molar-refractivity contribution is 6.43. The van der Waals surface area contributed by atoms with Crippen molar-refractivity contribution in [3.63, 3.8) is 0 Å². The van der Waals surface area contributed by atoms with Crippen molar-refractivity contribution in [3.8, 4) is 0 Å². The molecule has 0 atom stereocenters. The number of carbonyl (C=O) groups is 1. The van der Waals surface area contributed by atoms with Gasteiger partial charge in [-0.2, -0.15) is 5.10 Å². The number of nitrogens with one attached hydrogen (secondary N) is 1. The zero-order valence-corrected chi connectivity index (χ0v) is 11.2. The second kappa shape index (κ2) is 6.31. The molecule has 19 heavy (non-hydrogen) atoms. The molecule has 1 heterocycles. The third-order valence-electron chi connectivity index (χ3n) is 2.25. The van der Waals surface area contributed by atoms with Crippen molar-refractivity contribution in [1.82, 2.24) is 10.4 Å². The molecule has 0 spiro atoms. The molecule has 0 aliphatic carbocycles. The molecule has 0 saturated heterocycles. The first kappa shape index (κ1) is 13.5. The van der Waals surface area contributed by atoms with E-state index in [-0.39, 0.29) is 5.69 Å². The van der Waals surface area contributed by atoms with Crippen LogP contribution in [0.4, 0.5) is 0 Å². The van der Waals surface area contributed by atoms with Gasteiger partial charge in [0.25, 0.3) is 5.91 Å². The quantitative estimate of drug-likeness (QED) is 0.698. The molecule has 0 bridgehead atoms. The summed E-state index contributed by atoms with van der Waals surface area (Å²) in [6, 6.07) is 10.2. The Hall–Kier alpha value is -1.91. The Labute approximate surface area is 120 Å². The number of hydrogen-bond donors (Lipinski definition) is 1. The molecule has 1 aromatic heterocycles.